The van der Waals surface area contributed by atoms with E-state index in [2.05, 4.69) is 56.5 Å². The molecule has 6 heteroatoms. The van der Waals surface area contributed by atoms with Crippen LogP contribution in [-0.4, -0.2) is 61.7 Å². The third kappa shape index (κ3) is 4.82. The largest absolute Gasteiger partial charge is 0.357 e. The van der Waals surface area contributed by atoms with Crippen LogP contribution < -0.4 is 15.5 Å². The van der Waals surface area contributed by atoms with Crippen LogP contribution >= 0.6 is 0 Å². The molecule has 0 unspecified atom stereocenters. The van der Waals surface area contributed by atoms with Crippen LogP contribution in [0.4, 0.5) is 5.82 Å². The molecule has 2 N–H and O–H groups in total. The predicted octanol–water partition coefficient (Wildman–Crippen LogP) is 1.05. The lowest BCUT2D eigenvalue weighted by molar-refractivity contribution is 0.312. The molecule has 1 aliphatic heterocycles. The molecular formula is C17H28N6. The van der Waals surface area contributed by atoms with Crippen LogP contribution in [0, 0.1) is 0 Å². The molecule has 1 saturated heterocycles. The van der Waals surface area contributed by atoms with Crippen molar-refractivity contribution in [2.45, 2.75) is 32.4 Å². The molecule has 1 aliphatic carbocycles. The Kier molecular flexibility index (Phi) is 5.33. The Balaban J connectivity index is 1.55. The fourth-order valence-corrected chi connectivity index (χ4v) is 2.64. The van der Waals surface area contributed by atoms with Gasteiger partial charge in [0.05, 0.1) is 6.54 Å². The number of hydrogen-bond acceptors (Lipinski definition) is 4. The molecule has 0 bridgehead atoms. The highest BCUT2D eigenvalue weighted by Crippen LogP contribution is 2.18. The van der Waals surface area contributed by atoms with Crippen LogP contribution in [0.5, 0.6) is 0 Å². The number of nitrogens with one attached hydrogen (secondary N) is 2. The number of aromatic nitrogens is 1. The van der Waals surface area contributed by atoms with Crippen LogP contribution in [0.25, 0.3) is 0 Å². The molecule has 6 nitrogen and oxygen atoms in total. The number of guanidine groups is 1. The van der Waals surface area contributed by atoms with Gasteiger partial charge in [0.15, 0.2) is 5.96 Å². The number of nitrogens with zero attached hydrogens (tertiary/aromatic N) is 4. The number of hydrogen-bond donors (Lipinski definition) is 2. The van der Waals surface area contributed by atoms with Crippen molar-refractivity contribution in [2.75, 3.05) is 44.7 Å². The average molecular weight is 316 g/mol. The molecule has 0 spiro atoms. The molecule has 0 amide bonds. The fraction of sp³-hybridized carbons (Fsp3) is 0.647. The summed E-state index contributed by atoms with van der Waals surface area (Å²) in [6.45, 7) is 7.96. The van der Waals surface area contributed by atoms with Crippen molar-refractivity contribution in [3.05, 3.63) is 23.9 Å². The SMILES string of the molecule is CCNC(=NCc1ccc(N2CCN(C)CC2)nc1)NC1CC1. The maximum absolute atomic E-state index is 4.65. The minimum atomic E-state index is 0.616. The third-order valence-electron chi connectivity index (χ3n) is 4.32. The lowest BCUT2D eigenvalue weighted by atomic mass is 10.2. The molecule has 2 fully saturated rings. The second kappa shape index (κ2) is 7.64. The molecule has 0 atom stereocenters. The van der Waals surface area contributed by atoms with Gasteiger partial charge in [-0.25, -0.2) is 9.98 Å². The standard InChI is InChI=1S/C17H28N6/c1-3-18-17(21-15-5-6-15)20-13-14-4-7-16(19-12-14)23-10-8-22(2)9-11-23/h4,7,12,15H,3,5-6,8-11,13H2,1-2H3,(H2,18,20,21). The Morgan fingerprint density at radius 3 is 2.65 bits per heavy atom. The maximum atomic E-state index is 4.65. The van der Waals surface area contributed by atoms with Gasteiger partial charge in [0.25, 0.3) is 0 Å². The van der Waals surface area contributed by atoms with Gasteiger partial charge in [0.2, 0.25) is 0 Å². The Bertz CT molecular complexity index is 514. The Hall–Kier alpha value is -1.82. The molecule has 1 saturated carbocycles. The molecule has 2 heterocycles. The first kappa shape index (κ1) is 16.1. The highest BCUT2D eigenvalue weighted by Gasteiger charge is 2.22. The van der Waals surface area contributed by atoms with Gasteiger partial charge < -0.3 is 20.4 Å². The van der Waals surface area contributed by atoms with E-state index in [9.17, 15) is 0 Å². The van der Waals surface area contributed by atoms with Gasteiger partial charge in [-0.1, -0.05) is 6.07 Å². The number of likely N-dealkylation sites (N-methyl/N-ethyl adjacent to an activating group) is 1. The normalized spacial score (nSPS) is 19.7. The number of anilines is 1. The molecular weight excluding hydrogens is 288 g/mol. The van der Waals surface area contributed by atoms with Crippen LogP contribution in [-0.2, 0) is 6.54 Å². The zero-order chi connectivity index (χ0) is 16.1. The van der Waals surface area contributed by atoms with Crippen LogP contribution in [0.15, 0.2) is 23.3 Å². The van der Waals surface area contributed by atoms with E-state index in [4.69, 9.17) is 0 Å². The monoisotopic (exact) mass is 316 g/mol. The Labute approximate surface area is 139 Å². The van der Waals surface area contributed by atoms with E-state index in [1.165, 1.54) is 12.8 Å². The first-order valence-electron chi connectivity index (χ1n) is 8.68. The quantitative estimate of drug-likeness (QED) is 0.628. The number of aliphatic imine (C=N–C) groups is 1. The van der Waals surface area contributed by atoms with Gasteiger partial charge in [-0.3, -0.25) is 0 Å². The summed E-state index contributed by atoms with van der Waals surface area (Å²) >= 11 is 0. The maximum Gasteiger partial charge on any atom is 0.191 e. The van der Waals surface area contributed by atoms with Crippen LogP contribution in [0.3, 0.4) is 0 Å². The van der Waals surface area contributed by atoms with E-state index in [0.29, 0.717) is 12.6 Å². The van der Waals surface area contributed by atoms with Crippen LogP contribution in [0.1, 0.15) is 25.3 Å². The summed E-state index contributed by atoms with van der Waals surface area (Å²) in [5.74, 6) is 1.99. The fourth-order valence-electron chi connectivity index (χ4n) is 2.64. The number of rotatable bonds is 5. The highest BCUT2D eigenvalue weighted by molar-refractivity contribution is 5.80. The molecule has 23 heavy (non-hydrogen) atoms. The first-order chi connectivity index (χ1) is 11.2. The van der Waals surface area contributed by atoms with Gasteiger partial charge in [0, 0.05) is 45.0 Å². The highest BCUT2D eigenvalue weighted by atomic mass is 15.3. The molecule has 2 aliphatic rings. The van der Waals surface area contributed by atoms with Gasteiger partial charge in [-0.05, 0) is 38.4 Å². The van der Waals surface area contributed by atoms with Gasteiger partial charge in [-0.2, -0.15) is 0 Å². The summed E-state index contributed by atoms with van der Waals surface area (Å²) in [7, 11) is 2.17. The van der Waals surface area contributed by atoms with E-state index in [-0.39, 0.29) is 0 Å². The van der Waals surface area contributed by atoms with Crippen molar-refractivity contribution in [1.82, 2.24) is 20.5 Å². The van der Waals surface area contributed by atoms with E-state index in [1.807, 2.05) is 6.20 Å². The molecule has 126 valence electrons. The van der Waals surface area contributed by atoms with Crippen molar-refractivity contribution in [3.8, 4) is 0 Å². The lowest BCUT2D eigenvalue weighted by Gasteiger charge is -2.33. The van der Waals surface area contributed by atoms with Crippen molar-refractivity contribution in [2.24, 2.45) is 4.99 Å². The van der Waals surface area contributed by atoms with Gasteiger partial charge in [-0.15, -0.1) is 0 Å². The minimum absolute atomic E-state index is 0.616. The second-order valence-corrected chi connectivity index (χ2v) is 6.43. The molecule has 3 rings (SSSR count). The molecule has 1 aromatic heterocycles. The Morgan fingerprint density at radius 2 is 2.04 bits per heavy atom. The summed E-state index contributed by atoms with van der Waals surface area (Å²) in [4.78, 5) is 14.0. The van der Waals surface area contributed by atoms with Gasteiger partial charge >= 0.3 is 0 Å². The number of pyridine rings is 1. The first-order valence-corrected chi connectivity index (χ1v) is 8.68. The third-order valence-corrected chi connectivity index (χ3v) is 4.32. The minimum Gasteiger partial charge on any atom is -0.357 e. The summed E-state index contributed by atoms with van der Waals surface area (Å²) in [5.41, 5.74) is 1.15. The second-order valence-electron chi connectivity index (χ2n) is 6.43. The summed E-state index contributed by atoms with van der Waals surface area (Å²) in [6, 6.07) is 4.88. The van der Waals surface area contributed by atoms with Crippen LogP contribution in [0.2, 0.25) is 0 Å². The Morgan fingerprint density at radius 1 is 1.26 bits per heavy atom. The van der Waals surface area contributed by atoms with E-state index < -0.39 is 0 Å². The predicted molar refractivity (Wildman–Crippen MR) is 94.9 cm³/mol. The van der Waals surface area contributed by atoms with E-state index in [1.54, 1.807) is 0 Å². The van der Waals surface area contributed by atoms with Crippen molar-refractivity contribution in [3.63, 3.8) is 0 Å². The summed E-state index contributed by atoms with van der Waals surface area (Å²) in [5, 5.41) is 6.73. The summed E-state index contributed by atoms with van der Waals surface area (Å²) in [6.07, 6.45) is 4.47. The van der Waals surface area contributed by atoms with Crippen molar-refractivity contribution < 1.29 is 0 Å². The zero-order valence-corrected chi connectivity index (χ0v) is 14.3. The average Bonchev–Trinajstić information content (AvgIpc) is 3.38. The van der Waals surface area contributed by atoms with Crippen molar-refractivity contribution >= 4 is 11.8 Å². The van der Waals surface area contributed by atoms with E-state index >= 15 is 0 Å². The topological polar surface area (TPSA) is 55.8 Å². The zero-order valence-electron chi connectivity index (χ0n) is 14.3. The molecule has 1 aromatic rings. The lowest BCUT2D eigenvalue weighted by Crippen LogP contribution is -2.44. The smallest absolute Gasteiger partial charge is 0.191 e. The number of piperazine rings is 1. The summed E-state index contributed by atoms with van der Waals surface area (Å²) < 4.78 is 0. The van der Waals surface area contributed by atoms with Crippen molar-refractivity contribution in [1.29, 1.82) is 0 Å². The van der Waals surface area contributed by atoms with Gasteiger partial charge in [0.1, 0.15) is 5.82 Å². The van der Waals surface area contributed by atoms with E-state index in [0.717, 1.165) is 50.1 Å². The molecule has 0 aromatic carbocycles. The molecule has 0 radical (unpaired) electrons.